The summed E-state index contributed by atoms with van der Waals surface area (Å²) in [6.07, 6.45) is 3.65. The van der Waals surface area contributed by atoms with Gasteiger partial charge in [0.15, 0.2) is 0 Å². The summed E-state index contributed by atoms with van der Waals surface area (Å²) in [7, 11) is 0. The maximum Gasteiger partial charge on any atom is 0.248 e. The number of nitrogens with two attached hydrogens (primary N) is 1. The van der Waals surface area contributed by atoms with E-state index >= 15 is 0 Å². The van der Waals surface area contributed by atoms with Crippen LogP contribution >= 0.6 is 0 Å². The molecule has 4 heteroatoms. The van der Waals surface area contributed by atoms with Gasteiger partial charge < -0.3 is 10.8 Å². The summed E-state index contributed by atoms with van der Waals surface area (Å²) < 4.78 is 0. The van der Waals surface area contributed by atoms with Gasteiger partial charge >= 0.3 is 0 Å². The maximum absolute atomic E-state index is 11.2. The molecular weight excluding hydrogens is 228 g/mol. The van der Waals surface area contributed by atoms with E-state index in [0.29, 0.717) is 0 Å². The van der Waals surface area contributed by atoms with E-state index in [-0.39, 0.29) is 22.4 Å². The predicted octanol–water partition coefficient (Wildman–Crippen LogP) is 1.64. The van der Waals surface area contributed by atoms with E-state index in [1.165, 1.54) is 0 Å². The third-order valence-electron chi connectivity index (χ3n) is 3.34. The highest BCUT2D eigenvalue weighted by atomic mass is 16.3. The maximum atomic E-state index is 11.2. The molecule has 1 aliphatic rings. The summed E-state index contributed by atoms with van der Waals surface area (Å²) in [5.41, 5.74) is 7.41. The van der Waals surface area contributed by atoms with Gasteiger partial charge in [0.05, 0.1) is 11.6 Å². The van der Waals surface area contributed by atoms with Crippen LogP contribution < -0.4 is 5.73 Å². The van der Waals surface area contributed by atoms with Crippen molar-refractivity contribution < 1.29 is 9.90 Å². The van der Waals surface area contributed by atoms with E-state index in [9.17, 15) is 9.90 Å². The number of aromatic hydroxyl groups is 1. The van der Waals surface area contributed by atoms with Crippen molar-refractivity contribution in [2.24, 2.45) is 5.73 Å². The van der Waals surface area contributed by atoms with Crippen molar-refractivity contribution >= 4 is 11.5 Å². The molecule has 92 valence electrons. The van der Waals surface area contributed by atoms with Crippen LogP contribution in [-0.2, 0) is 17.6 Å². The standard InChI is InChI=1S/C14H14N2O2/c1-8(14(16)18)12-10(7-15)6-9-4-2-3-5-11(9)13(12)17/h6,17H,1-5H2,(H2,16,18). The number of carbonyl (C=O) groups excluding carboxylic acids is 1. The number of primary amides is 1. The van der Waals surface area contributed by atoms with Gasteiger partial charge in [-0.05, 0) is 42.9 Å². The Bertz CT molecular complexity index is 582. The Labute approximate surface area is 105 Å². The van der Waals surface area contributed by atoms with Crippen LogP contribution in [0.15, 0.2) is 12.6 Å². The number of hydrogen-bond acceptors (Lipinski definition) is 3. The van der Waals surface area contributed by atoms with Gasteiger partial charge in [-0.2, -0.15) is 5.26 Å². The average molecular weight is 242 g/mol. The molecule has 3 N–H and O–H groups in total. The number of nitrogens with zero attached hydrogens (tertiary/aromatic N) is 1. The van der Waals surface area contributed by atoms with Crippen LogP contribution in [0.3, 0.4) is 0 Å². The number of rotatable bonds is 2. The minimum atomic E-state index is -0.724. The fraction of sp³-hybridized carbons (Fsp3) is 0.286. The lowest BCUT2D eigenvalue weighted by Crippen LogP contribution is -2.14. The van der Waals surface area contributed by atoms with Gasteiger partial charge in [0.25, 0.3) is 0 Å². The summed E-state index contributed by atoms with van der Waals surface area (Å²) in [5, 5.41) is 19.4. The molecule has 0 radical (unpaired) electrons. The first kappa shape index (κ1) is 12.2. The summed E-state index contributed by atoms with van der Waals surface area (Å²) >= 11 is 0. The van der Waals surface area contributed by atoms with Gasteiger partial charge in [-0.15, -0.1) is 0 Å². The molecule has 1 aliphatic carbocycles. The van der Waals surface area contributed by atoms with Crippen LogP contribution in [0.25, 0.3) is 5.57 Å². The molecule has 1 aromatic carbocycles. The van der Waals surface area contributed by atoms with Crippen LogP contribution in [-0.4, -0.2) is 11.0 Å². The van der Waals surface area contributed by atoms with Gasteiger partial charge in [0.2, 0.25) is 5.91 Å². The molecule has 1 aromatic rings. The molecule has 0 atom stereocenters. The van der Waals surface area contributed by atoms with Crippen LogP contribution in [0.4, 0.5) is 0 Å². The van der Waals surface area contributed by atoms with Crippen LogP contribution in [0.5, 0.6) is 5.75 Å². The quantitative estimate of drug-likeness (QED) is 0.773. The van der Waals surface area contributed by atoms with Crippen molar-refractivity contribution in [2.45, 2.75) is 25.7 Å². The largest absolute Gasteiger partial charge is 0.507 e. The number of amides is 1. The van der Waals surface area contributed by atoms with Crippen LogP contribution in [0.1, 0.15) is 35.1 Å². The first-order valence-electron chi connectivity index (χ1n) is 5.83. The van der Waals surface area contributed by atoms with E-state index < -0.39 is 5.91 Å². The average Bonchev–Trinajstić information content (AvgIpc) is 2.37. The number of phenolic OH excluding ortho intramolecular Hbond substituents is 1. The van der Waals surface area contributed by atoms with Crippen molar-refractivity contribution in [3.05, 3.63) is 34.9 Å². The normalized spacial score (nSPS) is 13.5. The zero-order valence-corrected chi connectivity index (χ0v) is 9.99. The Morgan fingerprint density at radius 3 is 2.72 bits per heavy atom. The molecule has 0 aliphatic heterocycles. The van der Waals surface area contributed by atoms with E-state index in [4.69, 9.17) is 11.0 Å². The summed E-state index contributed by atoms with van der Waals surface area (Å²) in [4.78, 5) is 11.2. The zero-order chi connectivity index (χ0) is 13.3. The topological polar surface area (TPSA) is 87.1 Å². The second-order valence-corrected chi connectivity index (χ2v) is 4.45. The first-order valence-corrected chi connectivity index (χ1v) is 5.83. The number of hydrogen-bond donors (Lipinski definition) is 2. The van der Waals surface area contributed by atoms with E-state index in [1.54, 1.807) is 6.07 Å². The minimum Gasteiger partial charge on any atom is -0.507 e. The number of nitriles is 1. The van der Waals surface area contributed by atoms with Gasteiger partial charge in [-0.3, -0.25) is 4.79 Å². The zero-order valence-electron chi connectivity index (χ0n) is 9.99. The van der Waals surface area contributed by atoms with E-state index in [1.807, 2.05) is 6.07 Å². The van der Waals surface area contributed by atoms with E-state index in [0.717, 1.165) is 36.8 Å². The molecule has 0 unspecified atom stereocenters. The summed E-state index contributed by atoms with van der Waals surface area (Å²) in [5.74, 6) is -0.731. The second kappa shape index (κ2) is 4.53. The number of aryl methyl sites for hydroxylation is 1. The van der Waals surface area contributed by atoms with Crippen LogP contribution in [0.2, 0.25) is 0 Å². The van der Waals surface area contributed by atoms with Crippen molar-refractivity contribution in [3.63, 3.8) is 0 Å². The molecule has 0 fully saturated rings. The SMILES string of the molecule is C=C(C(N)=O)c1c(C#N)cc2c(c1O)CCCC2. The highest BCUT2D eigenvalue weighted by Gasteiger charge is 2.23. The Morgan fingerprint density at radius 2 is 2.11 bits per heavy atom. The lowest BCUT2D eigenvalue weighted by atomic mass is 9.85. The number of benzene rings is 1. The minimum absolute atomic E-state index is 0.00690. The highest BCUT2D eigenvalue weighted by Crippen LogP contribution is 2.37. The molecule has 0 saturated heterocycles. The Morgan fingerprint density at radius 1 is 1.44 bits per heavy atom. The molecule has 0 saturated carbocycles. The van der Waals surface area contributed by atoms with Gasteiger partial charge in [0.1, 0.15) is 5.75 Å². The Hall–Kier alpha value is -2.28. The third-order valence-corrected chi connectivity index (χ3v) is 3.34. The second-order valence-electron chi connectivity index (χ2n) is 4.45. The lowest BCUT2D eigenvalue weighted by molar-refractivity contribution is -0.112. The third kappa shape index (κ3) is 1.84. The fourth-order valence-electron chi connectivity index (χ4n) is 2.40. The van der Waals surface area contributed by atoms with Crippen LogP contribution in [0, 0.1) is 11.3 Å². The Balaban J connectivity index is 2.69. The summed E-state index contributed by atoms with van der Waals surface area (Å²) in [6.45, 7) is 3.56. The summed E-state index contributed by atoms with van der Waals surface area (Å²) in [6, 6.07) is 3.73. The van der Waals surface area contributed by atoms with Gasteiger partial charge in [0, 0.05) is 11.1 Å². The number of phenols is 1. The number of fused-ring (bicyclic) bond motifs is 1. The molecule has 0 heterocycles. The smallest absolute Gasteiger partial charge is 0.248 e. The molecule has 2 rings (SSSR count). The lowest BCUT2D eigenvalue weighted by Gasteiger charge is -2.20. The molecule has 0 bridgehead atoms. The molecule has 18 heavy (non-hydrogen) atoms. The van der Waals surface area contributed by atoms with Crippen molar-refractivity contribution in [1.29, 1.82) is 5.26 Å². The predicted molar refractivity (Wildman–Crippen MR) is 67.7 cm³/mol. The van der Waals surface area contributed by atoms with Crippen molar-refractivity contribution in [3.8, 4) is 11.8 Å². The monoisotopic (exact) mass is 242 g/mol. The molecule has 4 nitrogen and oxygen atoms in total. The molecule has 0 aromatic heterocycles. The van der Waals surface area contributed by atoms with Crippen molar-refractivity contribution in [2.75, 3.05) is 0 Å². The highest BCUT2D eigenvalue weighted by molar-refractivity contribution is 6.19. The van der Waals surface area contributed by atoms with Crippen molar-refractivity contribution in [1.82, 2.24) is 0 Å². The first-order chi connectivity index (χ1) is 8.56. The van der Waals surface area contributed by atoms with Gasteiger partial charge in [-0.1, -0.05) is 6.58 Å². The van der Waals surface area contributed by atoms with Gasteiger partial charge in [-0.25, -0.2) is 0 Å². The number of carbonyl (C=O) groups is 1. The molecule has 1 amide bonds. The Kier molecular flexibility index (Phi) is 3.07. The molecule has 0 spiro atoms. The molecular formula is C14H14N2O2. The fourth-order valence-corrected chi connectivity index (χ4v) is 2.40. The van der Waals surface area contributed by atoms with E-state index in [2.05, 4.69) is 6.58 Å².